The van der Waals surface area contributed by atoms with E-state index in [1.54, 1.807) is 0 Å². The standard InChI is InChI=1S/C41H42N6O2/c1-3-47-38-26-31(42)15-17-33(38)35-27-32(16-18-34(35)41(47)30-11-5-4-6-12-30)46-40(49)14-9-13-39(48)45-21-8-7-10-29-20-23-44-37(25-29)36-24-28(2)19-22-43-36/h4-6,11-12,15-20,22-27H,3,7-10,13-14,21H2,1-2H3,(H3,42,45,46,48,49)/p+1. The van der Waals surface area contributed by atoms with Gasteiger partial charge < -0.3 is 21.1 Å². The summed E-state index contributed by atoms with van der Waals surface area (Å²) in [6, 6.07) is 30.6. The average molecular weight is 652 g/mol. The van der Waals surface area contributed by atoms with Gasteiger partial charge in [0.25, 0.3) is 0 Å². The summed E-state index contributed by atoms with van der Waals surface area (Å²) in [6.07, 6.45) is 7.40. The number of pyridine rings is 3. The topological polar surface area (TPSA) is 121 Å². The Labute approximate surface area is 287 Å². The van der Waals surface area contributed by atoms with Crippen LogP contribution in [0.5, 0.6) is 0 Å². The SMILES string of the molecule is CC[n+]1c(-c2ccccc2)c2ccc(NC(=O)CCCC([O-])=NCCCCc3cc[nH+]c(-c4cc(C)ccn4)c3)cc2c2ccc(N)cc21. The van der Waals surface area contributed by atoms with E-state index in [2.05, 4.69) is 81.2 Å². The van der Waals surface area contributed by atoms with Gasteiger partial charge in [0, 0.05) is 59.7 Å². The Morgan fingerprint density at radius 2 is 1.76 bits per heavy atom. The Morgan fingerprint density at radius 1 is 0.918 bits per heavy atom. The van der Waals surface area contributed by atoms with Crippen molar-refractivity contribution in [3.05, 3.63) is 115 Å². The van der Waals surface area contributed by atoms with Crippen LogP contribution in [0.15, 0.2) is 108 Å². The first-order valence-corrected chi connectivity index (χ1v) is 17.1. The average Bonchev–Trinajstić information content (AvgIpc) is 3.11. The Hall–Kier alpha value is -5.63. The number of hydrogen-bond donors (Lipinski definition) is 2. The van der Waals surface area contributed by atoms with Gasteiger partial charge in [0.15, 0.2) is 6.20 Å². The number of nitrogens with zero attached hydrogens (tertiary/aromatic N) is 3. The van der Waals surface area contributed by atoms with Crippen molar-refractivity contribution < 1.29 is 19.5 Å². The van der Waals surface area contributed by atoms with Crippen LogP contribution < -0.4 is 25.7 Å². The summed E-state index contributed by atoms with van der Waals surface area (Å²) < 4.78 is 2.30. The fourth-order valence-electron chi connectivity index (χ4n) is 6.40. The summed E-state index contributed by atoms with van der Waals surface area (Å²) in [5.74, 6) is -0.270. The van der Waals surface area contributed by atoms with E-state index in [0.29, 0.717) is 18.7 Å². The van der Waals surface area contributed by atoms with Gasteiger partial charge in [-0.15, -0.1) is 0 Å². The summed E-state index contributed by atoms with van der Waals surface area (Å²) in [4.78, 5) is 24.9. The molecule has 0 aliphatic heterocycles. The second-order valence-electron chi connectivity index (χ2n) is 12.5. The lowest BCUT2D eigenvalue weighted by atomic mass is 9.98. The minimum absolute atomic E-state index is 0.121. The number of nitrogens with one attached hydrogen (secondary N) is 2. The molecular weight excluding hydrogens is 608 g/mol. The number of benzene rings is 3. The minimum atomic E-state index is -0.149. The summed E-state index contributed by atoms with van der Waals surface area (Å²) in [6.45, 7) is 5.47. The highest BCUT2D eigenvalue weighted by Crippen LogP contribution is 2.34. The van der Waals surface area contributed by atoms with Crippen LogP contribution in [0.1, 0.15) is 50.2 Å². The lowest BCUT2D eigenvalue weighted by Gasteiger charge is -2.14. The van der Waals surface area contributed by atoms with Gasteiger partial charge in [-0.3, -0.25) is 4.79 Å². The molecule has 6 aromatic rings. The summed E-state index contributed by atoms with van der Waals surface area (Å²) in [7, 11) is 0. The second-order valence-corrected chi connectivity index (χ2v) is 12.5. The van der Waals surface area contributed by atoms with Crippen molar-refractivity contribution in [1.29, 1.82) is 0 Å². The van der Waals surface area contributed by atoms with E-state index in [1.165, 1.54) is 11.1 Å². The van der Waals surface area contributed by atoms with Crippen LogP contribution in [0.4, 0.5) is 11.4 Å². The van der Waals surface area contributed by atoms with E-state index >= 15 is 0 Å². The van der Waals surface area contributed by atoms with E-state index < -0.39 is 0 Å². The highest BCUT2D eigenvalue weighted by atomic mass is 16.3. The molecule has 0 unspecified atom stereocenters. The van der Waals surface area contributed by atoms with Gasteiger partial charge in [-0.2, -0.15) is 4.57 Å². The zero-order chi connectivity index (χ0) is 34.2. The normalized spacial score (nSPS) is 11.7. The number of aromatic nitrogens is 3. The Kier molecular flexibility index (Phi) is 10.5. The molecule has 0 radical (unpaired) electrons. The molecule has 49 heavy (non-hydrogen) atoms. The smallest absolute Gasteiger partial charge is 0.229 e. The van der Waals surface area contributed by atoms with Crippen LogP contribution >= 0.6 is 0 Å². The third kappa shape index (κ3) is 8.09. The molecule has 4 N–H and O–H groups in total. The molecule has 0 fully saturated rings. The summed E-state index contributed by atoms with van der Waals surface area (Å²) in [5, 5.41) is 18.7. The molecule has 1 amide bonds. The first kappa shape index (κ1) is 33.3. The zero-order valence-corrected chi connectivity index (χ0v) is 28.2. The van der Waals surface area contributed by atoms with Gasteiger partial charge in [0.2, 0.25) is 22.8 Å². The number of hydrogen-bond acceptors (Lipinski definition) is 5. The van der Waals surface area contributed by atoms with E-state index in [1.807, 2.05) is 60.9 Å². The molecule has 0 bridgehead atoms. The van der Waals surface area contributed by atoms with Crippen LogP contribution in [-0.4, -0.2) is 23.3 Å². The van der Waals surface area contributed by atoms with Crippen molar-refractivity contribution >= 4 is 44.9 Å². The predicted molar refractivity (Wildman–Crippen MR) is 196 cm³/mol. The number of carbonyl (C=O) groups excluding carboxylic acids is 1. The largest absolute Gasteiger partial charge is 0.862 e. The number of anilines is 2. The number of carbonyl (C=O) groups is 1. The van der Waals surface area contributed by atoms with Gasteiger partial charge in [-0.25, -0.2) is 9.97 Å². The Balaban J connectivity index is 1.03. The van der Waals surface area contributed by atoms with Gasteiger partial charge in [0.05, 0.1) is 10.8 Å². The number of aliphatic imine (C=N–C) groups is 1. The number of amides is 1. The third-order valence-corrected chi connectivity index (χ3v) is 8.81. The number of fused-ring (bicyclic) bond motifs is 3. The van der Waals surface area contributed by atoms with Crippen molar-refractivity contribution in [2.75, 3.05) is 17.6 Å². The van der Waals surface area contributed by atoms with E-state index in [-0.39, 0.29) is 24.6 Å². The molecule has 0 atom stereocenters. The maximum atomic E-state index is 12.9. The number of rotatable bonds is 13. The number of H-pyrrole nitrogens is 1. The molecule has 8 nitrogen and oxygen atoms in total. The van der Waals surface area contributed by atoms with Crippen LogP contribution in [0.25, 0.3) is 44.3 Å². The monoisotopic (exact) mass is 651 g/mol. The lowest BCUT2D eigenvalue weighted by Crippen LogP contribution is -2.36. The molecule has 0 aliphatic rings. The molecule has 0 saturated carbocycles. The van der Waals surface area contributed by atoms with Gasteiger partial charge >= 0.3 is 0 Å². The number of nitrogens with two attached hydrogens (primary N) is 1. The summed E-state index contributed by atoms with van der Waals surface area (Å²) in [5.41, 5.74) is 15.2. The quantitative estimate of drug-likeness (QED) is 0.0364. The van der Waals surface area contributed by atoms with E-state index in [9.17, 15) is 9.90 Å². The Bertz CT molecular complexity index is 2130. The van der Waals surface area contributed by atoms with Crippen molar-refractivity contribution in [2.24, 2.45) is 4.99 Å². The number of unbranched alkanes of at least 4 members (excludes halogenated alkanes) is 1. The molecule has 0 aliphatic carbocycles. The predicted octanol–water partition coefficient (Wildman–Crippen LogP) is 6.62. The van der Waals surface area contributed by atoms with Gasteiger partial charge in [-0.05, 0) is 118 Å². The fraction of sp³-hybridized carbons (Fsp3) is 0.244. The van der Waals surface area contributed by atoms with E-state index in [0.717, 1.165) is 75.8 Å². The molecule has 0 spiro atoms. The van der Waals surface area contributed by atoms with Crippen molar-refractivity contribution in [2.45, 2.75) is 58.9 Å². The molecule has 248 valence electrons. The first-order chi connectivity index (χ1) is 23.9. The molecule has 3 heterocycles. The second kappa shape index (κ2) is 15.5. The molecule has 0 saturated heterocycles. The van der Waals surface area contributed by atoms with E-state index in [4.69, 9.17) is 5.73 Å². The summed E-state index contributed by atoms with van der Waals surface area (Å²) >= 11 is 0. The number of aromatic amines is 1. The van der Waals surface area contributed by atoms with Gasteiger partial charge in [-0.1, -0.05) is 18.2 Å². The lowest BCUT2D eigenvalue weighted by molar-refractivity contribution is -0.655. The first-order valence-electron chi connectivity index (χ1n) is 17.1. The molecular formula is C41H43N6O2+. The molecule has 8 heteroatoms. The fourth-order valence-corrected chi connectivity index (χ4v) is 6.40. The van der Waals surface area contributed by atoms with Crippen molar-refractivity contribution in [1.82, 2.24) is 4.98 Å². The third-order valence-electron chi connectivity index (χ3n) is 8.81. The Morgan fingerprint density at radius 3 is 2.57 bits per heavy atom. The minimum Gasteiger partial charge on any atom is -0.862 e. The highest BCUT2D eigenvalue weighted by molar-refractivity contribution is 6.11. The zero-order valence-electron chi connectivity index (χ0n) is 28.2. The number of aryl methyl sites for hydroxylation is 3. The highest BCUT2D eigenvalue weighted by Gasteiger charge is 2.23. The maximum absolute atomic E-state index is 12.9. The number of nitrogen functional groups attached to an aromatic ring is 1. The maximum Gasteiger partial charge on any atom is 0.229 e. The van der Waals surface area contributed by atoms with Gasteiger partial charge in [0.1, 0.15) is 12.2 Å². The molecule has 3 aromatic carbocycles. The van der Waals surface area contributed by atoms with Crippen LogP contribution in [0.3, 0.4) is 0 Å². The molecule has 3 aromatic heterocycles. The van der Waals surface area contributed by atoms with Crippen LogP contribution in [0, 0.1) is 6.92 Å². The van der Waals surface area contributed by atoms with Crippen LogP contribution in [0.2, 0.25) is 0 Å². The van der Waals surface area contributed by atoms with Crippen molar-refractivity contribution in [3.63, 3.8) is 0 Å². The van der Waals surface area contributed by atoms with Crippen molar-refractivity contribution in [3.8, 4) is 22.6 Å². The van der Waals surface area contributed by atoms with Crippen LogP contribution in [-0.2, 0) is 17.8 Å². The molecule has 6 rings (SSSR count).